The Kier molecular flexibility index (Phi) is 3.18. The van der Waals surface area contributed by atoms with Gasteiger partial charge >= 0.3 is 0 Å². The third-order valence-electron chi connectivity index (χ3n) is 1.07. The van der Waals surface area contributed by atoms with E-state index in [0.29, 0.717) is 0 Å². The van der Waals surface area contributed by atoms with Gasteiger partial charge in [-0.1, -0.05) is 0 Å². The van der Waals surface area contributed by atoms with Gasteiger partial charge in [-0.25, -0.2) is 0 Å². The Morgan fingerprint density at radius 2 is 1.70 bits per heavy atom. The van der Waals surface area contributed by atoms with E-state index in [4.69, 9.17) is 10.2 Å². The lowest BCUT2D eigenvalue weighted by Gasteiger charge is -2.08. The predicted molar refractivity (Wildman–Crippen MR) is 33.4 cm³/mol. The zero-order valence-corrected chi connectivity index (χ0v) is 5.87. The monoisotopic (exact) mass is 146 g/mol. The molecule has 0 unspecified atom stereocenters. The topological polar surface area (TPSA) is 74.6 Å². The van der Waals surface area contributed by atoms with Crippen molar-refractivity contribution in [3.63, 3.8) is 0 Å². The first-order valence-corrected chi connectivity index (χ1v) is 2.87. The van der Waals surface area contributed by atoms with Crippen molar-refractivity contribution in [1.29, 1.82) is 0 Å². The molecule has 0 aliphatic heterocycles. The van der Waals surface area contributed by atoms with Crippen LogP contribution in [0, 0.1) is 0 Å². The van der Waals surface area contributed by atoms with Gasteiger partial charge in [0.25, 0.3) is 0 Å². The average molecular weight is 146 g/mol. The molecule has 0 fully saturated rings. The summed E-state index contributed by atoms with van der Waals surface area (Å²) in [6.45, 7) is 2.29. The van der Waals surface area contributed by atoms with E-state index < -0.39 is 23.8 Å². The summed E-state index contributed by atoms with van der Waals surface area (Å²) in [5.41, 5.74) is 0. The Labute approximate surface area is 58.5 Å². The van der Waals surface area contributed by atoms with Gasteiger partial charge in [-0.15, -0.1) is 0 Å². The number of carbonyl (C=O) groups excluding carboxylic acids is 2. The summed E-state index contributed by atoms with van der Waals surface area (Å²) >= 11 is 0. The molecule has 0 aromatic carbocycles. The van der Waals surface area contributed by atoms with Crippen LogP contribution in [-0.2, 0) is 9.59 Å². The van der Waals surface area contributed by atoms with Crippen molar-refractivity contribution in [3.05, 3.63) is 0 Å². The first-order chi connectivity index (χ1) is 4.46. The number of carbonyl (C=O) groups is 2. The third kappa shape index (κ3) is 2.24. The number of hydrogen-bond donors (Lipinski definition) is 2. The minimum Gasteiger partial charge on any atom is -0.390 e. The molecule has 58 valence electrons. The van der Waals surface area contributed by atoms with Crippen LogP contribution in [0.5, 0.6) is 0 Å². The second-order valence-electron chi connectivity index (χ2n) is 2.11. The van der Waals surface area contributed by atoms with Crippen LogP contribution in [0.25, 0.3) is 0 Å². The van der Waals surface area contributed by atoms with Crippen LogP contribution >= 0.6 is 0 Å². The summed E-state index contributed by atoms with van der Waals surface area (Å²) in [6, 6.07) is 0. The highest BCUT2D eigenvalue weighted by molar-refractivity contribution is 6.38. The zero-order chi connectivity index (χ0) is 8.31. The van der Waals surface area contributed by atoms with Crippen LogP contribution in [0.1, 0.15) is 13.8 Å². The predicted octanol–water partition coefficient (Wildman–Crippen LogP) is -1.11. The molecular formula is C6H10O4. The molecule has 0 aromatic heterocycles. The number of Topliss-reactive ketones (excluding diaryl/α,β-unsaturated/α-hetero) is 2. The van der Waals surface area contributed by atoms with Crippen molar-refractivity contribution in [3.8, 4) is 0 Å². The van der Waals surface area contributed by atoms with Crippen molar-refractivity contribution in [2.24, 2.45) is 0 Å². The normalized spacial score (nSPS) is 16.0. The zero-order valence-electron chi connectivity index (χ0n) is 5.87. The van der Waals surface area contributed by atoms with Gasteiger partial charge in [0.2, 0.25) is 5.78 Å². The molecule has 0 saturated carbocycles. The molecule has 0 rings (SSSR count). The summed E-state index contributed by atoms with van der Waals surface area (Å²) in [7, 11) is 0. The minimum atomic E-state index is -1.57. The Balaban J connectivity index is 4.08. The van der Waals surface area contributed by atoms with Crippen molar-refractivity contribution < 1.29 is 19.8 Å². The molecule has 0 aliphatic rings. The van der Waals surface area contributed by atoms with E-state index >= 15 is 0 Å². The van der Waals surface area contributed by atoms with Crippen molar-refractivity contribution in [1.82, 2.24) is 0 Å². The lowest BCUT2D eigenvalue weighted by molar-refractivity contribution is -0.143. The van der Waals surface area contributed by atoms with Crippen LogP contribution in [0.15, 0.2) is 0 Å². The highest BCUT2D eigenvalue weighted by Gasteiger charge is 2.23. The van der Waals surface area contributed by atoms with Crippen LogP contribution in [0.4, 0.5) is 0 Å². The van der Waals surface area contributed by atoms with Crippen molar-refractivity contribution >= 4 is 11.6 Å². The van der Waals surface area contributed by atoms with Crippen LogP contribution in [0.2, 0.25) is 0 Å². The second kappa shape index (κ2) is 3.43. The van der Waals surface area contributed by atoms with E-state index in [0.717, 1.165) is 6.92 Å². The molecule has 10 heavy (non-hydrogen) atoms. The van der Waals surface area contributed by atoms with Gasteiger partial charge < -0.3 is 10.2 Å². The molecule has 0 radical (unpaired) electrons. The fraction of sp³-hybridized carbons (Fsp3) is 0.667. The summed E-state index contributed by atoms with van der Waals surface area (Å²) in [6.07, 6.45) is -2.76. The standard InChI is InChI=1S/C6H10O4/c1-3(7)5(9)6(10)4(2)8/h3,5,7,9H,1-2H3/t3-,5-/m0/s1. The number of hydrogen-bond acceptors (Lipinski definition) is 4. The molecule has 0 spiro atoms. The number of rotatable bonds is 3. The van der Waals surface area contributed by atoms with Crippen LogP contribution < -0.4 is 0 Å². The van der Waals surface area contributed by atoms with Crippen LogP contribution in [-0.4, -0.2) is 34.0 Å². The quantitative estimate of drug-likeness (QED) is 0.495. The van der Waals surface area contributed by atoms with Gasteiger partial charge in [-0.05, 0) is 6.92 Å². The molecule has 4 heteroatoms. The summed E-state index contributed by atoms with van der Waals surface area (Å²) in [5, 5.41) is 17.4. The molecule has 0 amide bonds. The van der Waals surface area contributed by atoms with E-state index in [1.807, 2.05) is 0 Å². The maximum Gasteiger partial charge on any atom is 0.229 e. The SMILES string of the molecule is CC(=O)C(=O)[C@@H](O)[C@H](C)O. The third-order valence-corrected chi connectivity index (χ3v) is 1.07. The van der Waals surface area contributed by atoms with Gasteiger partial charge in [0.1, 0.15) is 6.10 Å². The number of aliphatic hydroxyl groups is 2. The molecule has 2 atom stereocenters. The Morgan fingerprint density at radius 3 is 1.80 bits per heavy atom. The summed E-state index contributed by atoms with van der Waals surface area (Å²) in [4.78, 5) is 20.8. The molecule has 0 heterocycles. The van der Waals surface area contributed by atoms with Gasteiger partial charge in [-0.3, -0.25) is 9.59 Å². The maximum absolute atomic E-state index is 10.5. The average Bonchev–Trinajstić information content (AvgIpc) is 1.84. The highest BCUT2D eigenvalue weighted by Crippen LogP contribution is 1.93. The maximum atomic E-state index is 10.5. The molecule has 0 aromatic rings. The first-order valence-electron chi connectivity index (χ1n) is 2.87. The molecule has 0 saturated heterocycles. The Morgan fingerprint density at radius 1 is 1.30 bits per heavy atom. The molecule has 0 bridgehead atoms. The number of aliphatic hydroxyl groups excluding tert-OH is 2. The Hall–Kier alpha value is -0.740. The van der Waals surface area contributed by atoms with Crippen molar-refractivity contribution in [2.45, 2.75) is 26.1 Å². The highest BCUT2D eigenvalue weighted by atomic mass is 16.3. The van der Waals surface area contributed by atoms with Gasteiger partial charge in [0.05, 0.1) is 6.10 Å². The largest absolute Gasteiger partial charge is 0.390 e. The van der Waals surface area contributed by atoms with E-state index in [-0.39, 0.29) is 0 Å². The molecule has 2 N–H and O–H groups in total. The minimum absolute atomic E-state index is 0.742. The fourth-order valence-electron chi connectivity index (χ4n) is 0.427. The fourth-order valence-corrected chi connectivity index (χ4v) is 0.427. The molecule has 0 aliphatic carbocycles. The van der Waals surface area contributed by atoms with Gasteiger partial charge in [-0.2, -0.15) is 0 Å². The van der Waals surface area contributed by atoms with E-state index in [9.17, 15) is 9.59 Å². The number of ketones is 2. The lowest BCUT2D eigenvalue weighted by Crippen LogP contribution is -2.35. The van der Waals surface area contributed by atoms with E-state index in [1.165, 1.54) is 6.92 Å². The van der Waals surface area contributed by atoms with Gasteiger partial charge in [0.15, 0.2) is 5.78 Å². The Bertz CT molecular complexity index is 150. The smallest absolute Gasteiger partial charge is 0.229 e. The molecule has 4 nitrogen and oxygen atoms in total. The lowest BCUT2D eigenvalue weighted by atomic mass is 10.1. The van der Waals surface area contributed by atoms with Crippen LogP contribution in [0.3, 0.4) is 0 Å². The summed E-state index contributed by atoms with van der Waals surface area (Å²) < 4.78 is 0. The van der Waals surface area contributed by atoms with Crippen molar-refractivity contribution in [2.75, 3.05) is 0 Å². The van der Waals surface area contributed by atoms with E-state index in [2.05, 4.69) is 0 Å². The summed E-state index contributed by atoms with van der Waals surface area (Å²) in [5.74, 6) is -1.69. The second-order valence-corrected chi connectivity index (χ2v) is 2.11. The van der Waals surface area contributed by atoms with Gasteiger partial charge in [0, 0.05) is 6.92 Å². The molecular weight excluding hydrogens is 136 g/mol. The first kappa shape index (κ1) is 9.26. The van der Waals surface area contributed by atoms with E-state index in [1.54, 1.807) is 0 Å².